The molecule has 2 aromatic heterocycles. The highest BCUT2D eigenvalue weighted by Gasteiger charge is 2.26. The average molecular weight is 443 g/mol. The number of ether oxygens (including phenoxy) is 1. The van der Waals surface area contributed by atoms with Crippen LogP contribution in [0.5, 0.6) is 0 Å². The lowest BCUT2D eigenvalue weighted by Gasteiger charge is -2.06. The van der Waals surface area contributed by atoms with Crippen molar-refractivity contribution in [3.8, 4) is 11.3 Å². The summed E-state index contributed by atoms with van der Waals surface area (Å²) in [5, 5.41) is 12.8. The van der Waals surface area contributed by atoms with Crippen molar-refractivity contribution < 1.29 is 14.1 Å². The Morgan fingerprint density at radius 2 is 1.83 bits per heavy atom. The van der Waals surface area contributed by atoms with E-state index in [1.54, 1.807) is 36.0 Å². The largest absolute Gasteiger partial charge is 0.455 e. The molecule has 0 aliphatic carbocycles. The van der Waals surface area contributed by atoms with Crippen molar-refractivity contribution in [3.05, 3.63) is 87.4 Å². The summed E-state index contributed by atoms with van der Waals surface area (Å²) in [6.45, 7) is 2.14. The number of aromatic nitrogens is 4. The van der Waals surface area contributed by atoms with Crippen LogP contribution in [0, 0.1) is 6.92 Å². The Balaban J connectivity index is 1.49. The Labute approximate surface area is 182 Å². The lowest BCUT2D eigenvalue weighted by atomic mass is 10.1. The molecule has 0 saturated heterocycles. The first-order valence-corrected chi connectivity index (χ1v) is 9.79. The highest BCUT2D eigenvalue weighted by atomic mass is 35.5. The van der Waals surface area contributed by atoms with E-state index in [-0.39, 0.29) is 17.9 Å². The van der Waals surface area contributed by atoms with Gasteiger partial charge < -0.3 is 9.26 Å². The van der Waals surface area contributed by atoms with E-state index in [1.807, 2.05) is 30.3 Å². The molecular formula is C21H16Cl2N4O3. The molecule has 4 aromatic rings. The van der Waals surface area contributed by atoms with Gasteiger partial charge in [0.15, 0.2) is 0 Å². The molecule has 152 valence electrons. The molecule has 9 heteroatoms. The number of hydrogen-bond donors (Lipinski definition) is 0. The van der Waals surface area contributed by atoms with Crippen LogP contribution < -0.4 is 0 Å². The van der Waals surface area contributed by atoms with Crippen LogP contribution in [-0.4, -0.2) is 26.1 Å². The zero-order chi connectivity index (χ0) is 21.1. The molecule has 0 bridgehead atoms. The van der Waals surface area contributed by atoms with Crippen LogP contribution in [0.25, 0.3) is 11.3 Å². The first kappa shape index (κ1) is 20.1. The van der Waals surface area contributed by atoms with Crippen LogP contribution in [0.1, 0.15) is 27.4 Å². The summed E-state index contributed by atoms with van der Waals surface area (Å²) >= 11 is 12.5. The maximum Gasteiger partial charge on any atom is 0.344 e. The van der Waals surface area contributed by atoms with Gasteiger partial charge in [-0.25, -0.2) is 9.48 Å². The fourth-order valence-corrected chi connectivity index (χ4v) is 3.55. The molecule has 0 saturated carbocycles. The average Bonchev–Trinajstić information content (AvgIpc) is 3.33. The molecule has 7 nitrogen and oxygen atoms in total. The van der Waals surface area contributed by atoms with Crippen LogP contribution in [0.4, 0.5) is 0 Å². The minimum Gasteiger partial charge on any atom is -0.455 e. The standard InChI is InChI=1S/C21H16Cl2N4O3/c1-13-18(20(25-30-13)19-16(22)8-5-9-17(19)23)21(28)29-12-15-11-27(26-24-15)10-14-6-3-2-4-7-14/h2-9,11H,10,12H2,1H3. The van der Waals surface area contributed by atoms with Gasteiger partial charge in [0.25, 0.3) is 0 Å². The van der Waals surface area contributed by atoms with E-state index in [4.69, 9.17) is 32.5 Å². The minimum atomic E-state index is -0.614. The molecule has 0 aliphatic heterocycles. The van der Waals surface area contributed by atoms with Gasteiger partial charge in [-0.1, -0.05) is 70.0 Å². The minimum absolute atomic E-state index is 0.0477. The van der Waals surface area contributed by atoms with Crippen molar-refractivity contribution in [1.29, 1.82) is 0 Å². The fraction of sp³-hybridized carbons (Fsp3) is 0.143. The van der Waals surface area contributed by atoms with Gasteiger partial charge in [-0.15, -0.1) is 5.10 Å². The number of esters is 1. The van der Waals surface area contributed by atoms with Crippen molar-refractivity contribution in [1.82, 2.24) is 20.2 Å². The highest BCUT2D eigenvalue weighted by molar-refractivity contribution is 6.39. The summed E-state index contributed by atoms with van der Waals surface area (Å²) in [6.07, 6.45) is 1.73. The maximum absolute atomic E-state index is 12.8. The lowest BCUT2D eigenvalue weighted by Crippen LogP contribution is -2.08. The van der Waals surface area contributed by atoms with Gasteiger partial charge in [0, 0.05) is 5.56 Å². The third-order valence-electron chi connectivity index (χ3n) is 4.39. The predicted molar refractivity (Wildman–Crippen MR) is 111 cm³/mol. The lowest BCUT2D eigenvalue weighted by molar-refractivity contribution is 0.0466. The van der Waals surface area contributed by atoms with E-state index in [2.05, 4.69) is 15.5 Å². The van der Waals surface area contributed by atoms with Gasteiger partial charge in [-0.05, 0) is 24.6 Å². The van der Waals surface area contributed by atoms with Crippen LogP contribution in [-0.2, 0) is 17.9 Å². The molecule has 0 unspecified atom stereocenters. The number of hydrogen-bond acceptors (Lipinski definition) is 6. The van der Waals surface area contributed by atoms with E-state index in [1.165, 1.54) is 0 Å². The third-order valence-corrected chi connectivity index (χ3v) is 5.02. The fourth-order valence-electron chi connectivity index (χ4n) is 2.97. The van der Waals surface area contributed by atoms with Gasteiger partial charge in [0.1, 0.15) is 29.3 Å². The van der Waals surface area contributed by atoms with Gasteiger partial charge in [0.05, 0.1) is 22.8 Å². The molecule has 2 heterocycles. The van der Waals surface area contributed by atoms with E-state index in [9.17, 15) is 4.79 Å². The summed E-state index contributed by atoms with van der Waals surface area (Å²) in [4.78, 5) is 12.8. The summed E-state index contributed by atoms with van der Waals surface area (Å²) in [5.41, 5.74) is 2.43. The molecular weight excluding hydrogens is 427 g/mol. The Morgan fingerprint density at radius 3 is 2.57 bits per heavy atom. The number of aryl methyl sites for hydroxylation is 1. The summed E-state index contributed by atoms with van der Waals surface area (Å²) in [5.74, 6) is -0.309. The van der Waals surface area contributed by atoms with Crippen LogP contribution >= 0.6 is 23.2 Å². The molecule has 0 amide bonds. The van der Waals surface area contributed by atoms with Crippen LogP contribution in [0.15, 0.2) is 59.3 Å². The molecule has 0 radical (unpaired) electrons. The zero-order valence-corrected chi connectivity index (χ0v) is 17.4. The first-order chi connectivity index (χ1) is 14.5. The summed E-state index contributed by atoms with van der Waals surface area (Å²) < 4.78 is 12.3. The molecule has 0 spiro atoms. The third kappa shape index (κ3) is 4.22. The van der Waals surface area contributed by atoms with E-state index in [0.29, 0.717) is 33.6 Å². The monoisotopic (exact) mass is 442 g/mol. The van der Waals surface area contributed by atoms with Gasteiger partial charge in [-0.2, -0.15) is 0 Å². The molecule has 0 atom stereocenters. The normalized spacial score (nSPS) is 10.9. The zero-order valence-electron chi connectivity index (χ0n) is 15.9. The van der Waals surface area contributed by atoms with Crippen molar-refractivity contribution in [2.45, 2.75) is 20.1 Å². The first-order valence-electron chi connectivity index (χ1n) is 9.03. The van der Waals surface area contributed by atoms with E-state index in [0.717, 1.165) is 5.56 Å². The number of carbonyl (C=O) groups is 1. The second-order valence-corrected chi connectivity index (χ2v) is 7.34. The SMILES string of the molecule is Cc1onc(-c2c(Cl)cccc2Cl)c1C(=O)OCc1cn(Cc2ccccc2)nn1. The number of rotatable bonds is 6. The van der Waals surface area contributed by atoms with Crippen LogP contribution in [0.2, 0.25) is 10.0 Å². The van der Waals surface area contributed by atoms with Gasteiger partial charge in [-0.3, -0.25) is 0 Å². The second-order valence-electron chi connectivity index (χ2n) is 6.53. The second kappa shape index (κ2) is 8.69. The predicted octanol–water partition coefficient (Wildman–Crippen LogP) is 4.95. The van der Waals surface area contributed by atoms with Gasteiger partial charge in [0.2, 0.25) is 0 Å². The van der Waals surface area contributed by atoms with Crippen molar-refractivity contribution in [2.75, 3.05) is 0 Å². The molecule has 30 heavy (non-hydrogen) atoms. The smallest absolute Gasteiger partial charge is 0.344 e. The Morgan fingerprint density at radius 1 is 1.10 bits per heavy atom. The number of carbonyl (C=O) groups excluding carboxylic acids is 1. The van der Waals surface area contributed by atoms with Gasteiger partial charge >= 0.3 is 5.97 Å². The molecule has 4 rings (SSSR count). The number of benzene rings is 2. The van der Waals surface area contributed by atoms with E-state index >= 15 is 0 Å². The quantitative estimate of drug-likeness (QED) is 0.392. The summed E-state index contributed by atoms with van der Waals surface area (Å²) in [6, 6.07) is 14.9. The number of nitrogens with zero attached hydrogens (tertiary/aromatic N) is 4. The Bertz CT molecular complexity index is 1170. The highest BCUT2D eigenvalue weighted by Crippen LogP contribution is 2.37. The topological polar surface area (TPSA) is 83.0 Å². The number of halogens is 2. The molecule has 0 aliphatic rings. The molecule has 0 N–H and O–H groups in total. The Kier molecular flexibility index (Phi) is 5.83. The summed E-state index contributed by atoms with van der Waals surface area (Å²) in [7, 11) is 0. The molecule has 2 aromatic carbocycles. The van der Waals surface area contributed by atoms with Crippen LogP contribution in [0.3, 0.4) is 0 Å². The van der Waals surface area contributed by atoms with Crippen molar-refractivity contribution in [3.63, 3.8) is 0 Å². The van der Waals surface area contributed by atoms with Crippen molar-refractivity contribution >= 4 is 29.2 Å². The van der Waals surface area contributed by atoms with Crippen molar-refractivity contribution in [2.24, 2.45) is 0 Å². The maximum atomic E-state index is 12.8. The van der Waals surface area contributed by atoms with E-state index < -0.39 is 5.97 Å². The Hall–Kier alpha value is -3.16. The molecule has 0 fully saturated rings.